The lowest BCUT2D eigenvalue weighted by Crippen LogP contribution is -2.34. The number of carbonyl (C=O) groups is 2. The van der Waals surface area contributed by atoms with Crippen LogP contribution in [0, 0.1) is 0 Å². The molecule has 1 aliphatic rings. The van der Waals surface area contributed by atoms with Gasteiger partial charge in [-0.1, -0.05) is 24.3 Å². The van der Waals surface area contributed by atoms with E-state index in [1.54, 1.807) is 18.2 Å². The van der Waals surface area contributed by atoms with Gasteiger partial charge in [0.05, 0.1) is 15.8 Å². The molecule has 1 fully saturated rings. The number of hydrogen-bond acceptors (Lipinski definition) is 4. The fourth-order valence-corrected chi connectivity index (χ4v) is 5.46. The van der Waals surface area contributed by atoms with Gasteiger partial charge in [0.2, 0.25) is 0 Å². The molecule has 1 saturated heterocycles. The predicted molar refractivity (Wildman–Crippen MR) is 107 cm³/mol. The highest BCUT2D eigenvalue weighted by Crippen LogP contribution is 2.45. The Labute approximate surface area is 168 Å². The second kappa shape index (κ2) is 8.91. The number of anilines is 1. The van der Waals surface area contributed by atoms with Gasteiger partial charge in [-0.3, -0.25) is 9.59 Å². The van der Waals surface area contributed by atoms with Crippen LogP contribution in [-0.4, -0.2) is 36.0 Å². The van der Waals surface area contributed by atoms with Crippen LogP contribution in [0.25, 0.3) is 0 Å². The molecule has 2 aromatic rings. The van der Waals surface area contributed by atoms with E-state index in [4.69, 9.17) is 0 Å². The molecule has 0 radical (unpaired) electrons. The van der Waals surface area contributed by atoms with Crippen LogP contribution in [0.5, 0.6) is 0 Å². The lowest BCUT2D eigenvalue weighted by Gasteiger charge is -2.13. The third-order valence-electron chi connectivity index (χ3n) is 3.94. The monoisotopic (exact) mass is 426 g/mol. The topological polar surface area (TPSA) is 58.2 Å². The van der Waals surface area contributed by atoms with E-state index < -0.39 is 24.5 Å². The highest BCUT2D eigenvalue weighted by Gasteiger charge is 2.28. The van der Waals surface area contributed by atoms with Crippen molar-refractivity contribution in [1.82, 2.24) is 5.32 Å². The zero-order valence-electron chi connectivity index (χ0n) is 14.6. The zero-order chi connectivity index (χ0) is 20.1. The highest BCUT2D eigenvalue weighted by molar-refractivity contribution is 8.19. The van der Waals surface area contributed by atoms with Crippen molar-refractivity contribution < 1.29 is 22.8 Å². The van der Waals surface area contributed by atoms with E-state index in [2.05, 4.69) is 5.32 Å². The van der Waals surface area contributed by atoms with Gasteiger partial charge in [0, 0.05) is 17.1 Å². The first kappa shape index (κ1) is 20.6. The average Bonchev–Trinajstić information content (AvgIpc) is 3.21. The fraction of sp³-hybridized carbons (Fsp3) is 0.263. The molecule has 3 rings (SSSR count). The minimum absolute atomic E-state index is 0.0320. The van der Waals surface area contributed by atoms with E-state index in [9.17, 15) is 22.8 Å². The Morgan fingerprint density at radius 3 is 2.25 bits per heavy atom. The van der Waals surface area contributed by atoms with Gasteiger partial charge in [-0.05, 0) is 29.8 Å². The quantitative estimate of drug-likeness (QED) is 0.727. The van der Waals surface area contributed by atoms with Gasteiger partial charge in [0.25, 0.3) is 11.8 Å². The Morgan fingerprint density at radius 2 is 1.61 bits per heavy atom. The third kappa shape index (κ3) is 5.45. The Bertz CT molecular complexity index is 851. The summed E-state index contributed by atoms with van der Waals surface area (Å²) in [6.07, 6.45) is -4.51. The maximum Gasteiger partial charge on any atom is 0.405 e. The van der Waals surface area contributed by atoms with Crippen molar-refractivity contribution in [2.24, 2.45) is 0 Å². The largest absolute Gasteiger partial charge is 0.405 e. The number of nitrogens with one attached hydrogen (secondary N) is 2. The van der Waals surface area contributed by atoms with Crippen molar-refractivity contribution in [3.63, 3.8) is 0 Å². The second-order valence-corrected chi connectivity index (χ2v) is 8.72. The first-order valence-corrected chi connectivity index (χ1v) is 10.5. The number of hydrogen-bond donors (Lipinski definition) is 2. The summed E-state index contributed by atoms with van der Waals surface area (Å²) in [5.74, 6) is 0.864. The van der Waals surface area contributed by atoms with Crippen molar-refractivity contribution in [3.8, 4) is 0 Å². The van der Waals surface area contributed by atoms with Gasteiger partial charge in [-0.25, -0.2) is 0 Å². The second-order valence-electron chi connectivity index (χ2n) is 5.99. The van der Waals surface area contributed by atoms with E-state index >= 15 is 0 Å². The molecular formula is C19H17F3N2O2S2. The lowest BCUT2D eigenvalue weighted by atomic mass is 10.1. The van der Waals surface area contributed by atoms with Crippen LogP contribution >= 0.6 is 23.5 Å². The molecule has 2 amide bonds. The molecule has 1 aliphatic heterocycles. The first-order chi connectivity index (χ1) is 13.3. The molecule has 1 heterocycles. The molecule has 0 aliphatic carbocycles. The summed E-state index contributed by atoms with van der Waals surface area (Å²) in [4.78, 5) is 24.6. The maximum atomic E-state index is 12.5. The zero-order valence-corrected chi connectivity index (χ0v) is 16.2. The Morgan fingerprint density at radius 1 is 0.964 bits per heavy atom. The first-order valence-electron chi connectivity index (χ1n) is 8.42. The van der Waals surface area contributed by atoms with Crippen molar-refractivity contribution in [2.45, 2.75) is 10.8 Å². The van der Waals surface area contributed by atoms with Gasteiger partial charge in [-0.2, -0.15) is 13.2 Å². The average molecular weight is 426 g/mol. The number of alkyl halides is 3. The summed E-state index contributed by atoms with van der Waals surface area (Å²) in [7, 11) is 0. The predicted octanol–water partition coefficient (Wildman–Crippen LogP) is 4.71. The Kier molecular flexibility index (Phi) is 6.56. The van der Waals surface area contributed by atoms with Gasteiger partial charge in [-0.15, -0.1) is 23.5 Å². The molecule has 0 unspecified atom stereocenters. The molecule has 2 N–H and O–H groups in total. The van der Waals surface area contributed by atoms with E-state index in [0.717, 1.165) is 17.1 Å². The molecular weight excluding hydrogens is 409 g/mol. The summed E-state index contributed by atoms with van der Waals surface area (Å²) < 4.78 is 37.3. The molecule has 2 aromatic carbocycles. The van der Waals surface area contributed by atoms with Crippen molar-refractivity contribution in [2.75, 3.05) is 23.4 Å². The van der Waals surface area contributed by atoms with Crippen molar-refractivity contribution in [3.05, 3.63) is 65.2 Å². The number of benzene rings is 2. The lowest BCUT2D eigenvalue weighted by molar-refractivity contribution is -0.123. The number of thioether (sulfide) groups is 2. The van der Waals surface area contributed by atoms with Crippen LogP contribution in [0.15, 0.2) is 48.5 Å². The SMILES string of the molecule is O=C(Nc1ccccc1C(=O)NCC(F)(F)F)c1ccc(C2SCCS2)cc1. The summed E-state index contributed by atoms with van der Waals surface area (Å²) in [5, 5.41) is 4.41. The molecule has 0 saturated carbocycles. The van der Waals surface area contributed by atoms with Crippen molar-refractivity contribution in [1.29, 1.82) is 0 Å². The van der Waals surface area contributed by atoms with E-state index in [1.807, 2.05) is 41.0 Å². The normalized spacial score (nSPS) is 14.7. The maximum absolute atomic E-state index is 12.5. The number of amides is 2. The van der Waals surface area contributed by atoms with Crippen molar-refractivity contribution >= 4 is 41.0 Å². The van der Waals surface area contributed by atoms with Gasteiger partial charge in [0.15, 0.2) is 0 Å². The summed E-state index contributed by atoms with van der Waals surface area (Å²) in [6.45, 7) is -1.44. The molecule has 0 bridgehead atoms. The Balaban J connectivity index is 1.69. The highest BCUT2D eigenvalue weighted by atomic mass is 32.2. The van der Waals surface area contributed by atoms with Crippen LogP contribution in [0.3, 0.4) is 0 Å². The van der Waals surface area contributed by atoms with Crippen LogP contribution in [0.2, 0.25) is 0 Å². The number of rotatable bonds is 5. The van der Waals surface area contributed by atoms with Gasteiger partial charge < -0.3 is 10.6 Å². The third-order valence-corrected chi connectivity index (χ3v) is 7.04. The van der Waals surface area contributed by atoms with Crippen LogP contribution in [0.1, 0.15) is 30.9 Å². The Hall–Kier alpha value is -2.13. The van der Waals surface area contributed by atoms with E-state index in [1.165, 1.54) is 18.2 Å². The summed E-state index contributed by atoms with van der Waals surface area (Å²) in [5.41, 5.74) is 1.66. The fourth-order valence-electron chi connectivity index (χ4n) is 2.60. The molecule has 0 atom stereocenters. The van der Waals surface area contributed by atoms with Crippen LogP contribution < -0.4 is 10.6 Å². The summed E-state index contributed by atoms with van der Waals surface area (Å²) >= 11 is 3.72. The molecule has 28 heavy (non-hydrogen) atoms. The molecule has 9 heteroatoms. The smallest absolute Gasteiger partial charge is 0.343 e. The number of halogens is 3. The molecule has 0 aromatic heterocycles. The number of carbonyl (C=O) groups excluding carboxylic acids is 2. The van der Waals surface area contributed by atoms with Gasteiger partial charge >= 0.3 is 6.18 Å². The summed E-state index contributed by atoms with van der Waals surface area (Å²) in [6, 6.07) is 13.1. The van der Waals surface area contributed by atoms with Crippen LogP contribution in [-0.2, 0) is 0 Å². The van der Waals surface area contributed by atoms with E-state index in [0.29, 0.717) is 10.1 Å². The van der Waals surface area contributed by atoms with Crippen LogP contribution in [0.4, 0.5) is 18.9 Å². The van der Waals surface area contributed by atoms with Gasteiger partial charge in [0.1, 0.15) is 6.54 Å². The molecule has 148 valence electrons. The standard InChI is InChI=1S/C19H17F3N2O2S2/c20-19(21,22)11-23-17(26)14-3-1-2-4-15(14)24-16(25)12-5-7-13(8-6-12)18-27-9-10-28-18/h1-8,18H,9-11H2,(H,23,26)(H,24,25). The molecule has 4 nitrogen and oxygen atoms in total. The minimum Gasteiger partial charge on any atom is -0.343 e. The molecule has 0 spiro atoms. The minimum atomic E-state index is -4.51. The number of para-hydroxylation sites is 1. The van der Waals surface area contributed by atoms with E-state index in [-0.39, 0.29) is 11.3 Å².